The number of nitrogens with zero attached hydrogens (tertiary/aromatic N) is 1. The van der Waals surface area contributed by atoms with Gasteiger partial charge in [-0.15, -0.1) is 0 Å². The van der Waals surface area contributed by atoms with Gasteiger partial charge in [0.25, 0.3) is 5.91 Å². The highest BCUT2D eigenvalue weighted by Crippen LogP contribution is 2.27. The van der Waals surface area contributed by atoms with E-state index in [1.54, 1.807) is 37.5 Å². The molecule has 1 N–H and O–H groups in total. The van der Waals surface area contributed by atoms with Crippen molar-refractivity contribution in [2.45, 2.75) is 0 Å². The number of amidine groups is 1. The summed E-state index contributed by atoms with van der Waals surface area (Å²) in [6, 6.07) is 10.8. The predicted molar refractivity (Wildman–Crippen MR) is 105 cm³/mol. The number of ether oxygens (including phenoxy) is 1. The van der Waals surface area contributed by atoms with Gasteiger partial charge in [-0.1, -0.05) is 29.3 Å². The van der Waals surface area contributed by atoms with E-state index >= 15 is 0 Å². The maximum absolute atomic E-state index is 12.2. The number of methoxy groups -OCH3 is 1. The molecule has 1 aliphatic heterocycles. The largest absolute Gasteiger partial charge is 0.495 e. The van der Waals surface area contributed by atoms with Gasteiger partial charge in [-0.25, -0.2) is 4.99 Å². The smallest absolute Gasteiger partial charge is 0.275 e. The van der Waals surface area contributed by atoms with Gasteiger partial charge in [-0.3, -0.25) is 4.79 Å². The minimum absolute atomic E-state index is 0.285. The van der Waals surface area contributed by atoms with Gasteiger partial charge in [-0.2, -0.15) is 0 Å². The fourth-order valence-electron chi connectivity index (χ4n) is 2.21. The molecule has 4 nitrogen and oxygen atoms in total. The number of rotatable bonds is 3. The SMILES string of the molecule is COc1ccc(C=C2N=C(c3cc(I)ccc3Cl)NC2=O)cc1Cl. The van der Waals surface area contributed by atoms with Crippen LogP contribution in [0.2, 0.25) is 10.0 Å². The van der Waals surface area contributed by atoms with Crippen molar-refractivity contribution < 1.29 is 9.53 Å². The van der Waals surface area contributed by atoms with Crippen LogP contribution in [0, 0.1) is 3.57 Å². The minimum Gasteiger partial charge on any atom is -0.495 e. The van der Waals surface area contributed by atoms with Crippen LogP contribution in [0.3, 0.4) is 0 Å². The fourth-order valence-corrected chi connectivity index (χ4v) is 3.17. The van der Waals surface area contributed by atoms with Crippen molar-refractivity contribution >= 4 is 63.6 Å². The molecule has 2 aromatic rings. The Hall–Kier alpha value is -1.57. The number of nitrogens with one attached hydrogen (secondary N) is 1. The first kappa shape index (κ1) is 17.3. The van der Waals surface area contributed by atoms with Crippen molar-refractivity contribution in [3.8, 4) is 5.75 Å². The Morgan fingerprint density at radius 1 is 1.17 bits per heavy atom. The van der Waals surface area contributed by atoms with Gasteiger partial charge in [0, 0.05) is 9.13 Å². The molecule has 2 aromatic carbocycles. The lowest BCUT2D eigenvalue weighted by Crippen LogP contribution is -2.25. The van der Waals surface area contributed by atoms with E-state index in [9.17, 15) is 4.79 Å². The van der Waals surface area contributed by atoms with E-state index in [0.717, 1.165) is 9.13 Å². The van der Waals surface area contributed by atoms with E-state index in [4.69, 9.17) is 27.9 Å². The van der Waals surface area contributed by atoms with Crippen LogP contribution in [0.15, 0.2) is 47.1 Å². The van der Waals surface area contributed by atoms with Gasteiger partial charge >= 0.3 is 0 Å². The summed E-state index contributed by atoms with van der Waals surface area (Å²) in [6.07, 6.45) is 1.66. The van der Waals surface area contributed by atoms with Gasteiger partial charge in [0.1, 0.15) is 17.3 Å². The van der Waals surface area contributed by atoms with E-state index in [2.05, 4.69) is 32.9 Å². The predicted octanol–water partition coefficient (Wildman–Crippen LogP) is 4.52. The second-order valence-electron chi connectivity index (χ2n) is 4.96. The monoisotopic (exact) mass is 472 g/mol. The number of hydrogen-bond acceptors (Lipinski definition) is 3. The second-order valence-corrected chi connectivity index (χ2v) is 7.02. The third kappa shape index (κ3) is 3.58. The Morgan fingerprint density at radius 2 is 1.96 bits per heavy atom. The summed E-state index contributed by atoms with van der Waals surface area (Å²) in [5.41, 5.74) is 1.74. The number of halogens is 3. The van der Waals surface area contributed by atoms with Gasteiger partial charge in [0.2, 0.25) is 0 Å². The van der Waals surface area contributed by atoms with Crippen LogP contribution in [0.25, 0.3) is 6.08 Å². The van der Waals surface area contributed by atoms with Crippen LogP contribution < -0.4 is 10.1 Å². The average Bonchev–Trinajstić information content (AvgIpc) is 2.90. The van der Waals surface area contributed by atoms with Crippen LogP contribution in [0.4, 0.5) is 0 Å². The highest BCUT2D eigenvalue weighted by Gasteiger charge is 2.23. The molecule has 0 saturated carbocycles. The van der Waals surface area contributed by atoms with Crippen LogP contribution in [-0.2, 0) is 4.79 Å². The minimum atomic E-state index is -0.285. The van der Waals surface area contributed by atoms with E-state index in [0.29, 0.717) is 32.9 Å². The van der Waals surface area contributed by atoms with Crippen LogP contribution in [-0.4, -0.2) is 18.9 Å². The molecule has 3 rings (SSSR count). The molecule has 0 aliphatic carbocycles. The highest BCUT2D eigenvalue weighted by molar-refractivity contribution is 14.1. The molecule has 1 amide bonds. The Morgan fingerprint density at radius 3 is 2.67 bits per heavy atom. The van der Waals surface area contributed by atoms with Crippen LogP contribution >= 0.6 is 45.8 Å². The summed E-state index contributed by atoms with van der Waals surface area (Å²) < 4.78 is 6.12. The third-order valence-electron chi connectivity index (χ3n) is 3.36. The van der Waals surface area contributed by atoms with Crippen molar-refractivity contribution in [1.29, 1.82) is 0 Å². The van der Waals surface area contributed by atoms with Gasteiger partial charge in [0.15, 0.2) is 0 Å². The summed E-state index contributed by atoms with van der Waals surface area (Å²) in [6.45, 7) is 0. The zero-order chi connectivity index (χ0) is 17.3. The number of amides is 1. The molecule has 0 saturated heterocycles. The Kier molecular flexibility index (Phi) is 5.12. The molecule has 0 fully saturated rings. The zero-order valence-corrected chi connectivity index (χ0v) is 16.1. The first-order valence-corrected chi connectivity index (χ1v) is 8.72. The van der Waals surface area contributed by atoms with Crippen LogP contribution in [0.5, 0.6) is 5.75 Å². The number of carbonyl (C=O) groups is 1. The normalized spacial score (nSPS) is 15.4. The van der Waals surface area contributed by atoms with Crippen molar-refractivity contribution in [2.24, 2.45) is 4.99 Å². The van der Waals surface area contributed by atoms with E-state index in [-0.39, 0.29) is 5.91 Å². The van der Waals surface area contributed by atoms with Gasteiger partial charge in [-0.05, 0) is 64.6 Å². The van der Waals surface area contributed by atoms with Crippen molar-refractivity contribution in [3.05, 3.63) is 66.8 Å². The number of hydrogen-bond donors (Lipinski definition) is 1. The summed E-state index contributed by atoms with van der Waals surface area (Å²) in [5, 5.41) is 3.74. The Bertz CT molecular complexity index is 894. The molecule has 0 unspecified atom stereocenters. The van der Waals surface area contributed by atoms with Gasteiger partial charge in [0.05, 0.1) is 17.2 Å². The molecule has 122 valence electrons. The summed E-state index contributed by atoms with van der Waals surface area (Å²) >= 11 is 14.5. The van der Waals surface area contributed by atoms with E-state index < -0.39 is 0 Å². The zero-order valence-electron chi connectivity index (χ0n) is 12.4. The molecule has 1 aliphatic rings. The van der Waals surface area contributed by atoms with Crippen molar-refractivity contribution in [3.63, 3.8) is 0 Å². The molecule has 0 aromatic heterocycles. The lowest BCUT2D eigenvalue weighted by molar-refractivity contribution is -0.115. The molecule has 0 bridgehead atoms. The summed E-state index contributed by atoms with van der Waals surface area (Å²) in [4.78, 5) is 16.5. The van der Waals surface area contributed by atoms with E-state index in [1.807, 2.05) is 12.1 Å². The lowest BCUT2D eigenvalue weighted by Gasteiger charge is -2.03. The molecule has 0 spiro atoms. The number of benzene rings is 2. The highest BCUT2D eigenvalue weighted by atomic mass is 127. The molecule has 1 heterocycles. The van der Waals surface area contributed by atoms with Gasteiger partial charge < -0.3 is 10.1 Å². The molecular formula is C17H11Cl2IN2O2. The van der Waals surface area contributed by atoms with Crippen LogP contribution in [0.1, 0.15) is 11.1 Å². The summed E-state index contributed by atoms with van der Waals surface area (Å²) in [5.74, 6) is 0.728. The lowest BCUT2D eigenvalue weighted by atomic mass is 10.2. The molecular weight excluding hydrogens is 462 g/mol. The average molecular weight is 473 g/mol. The number of carbonyl (C=O) groups excluding carboxylic acids is 1. The van der Waals surface area contributed by atoms with Crippen molar-refractivity contribution in [1.82, 2.24) is 5.32 Å². The Labute approximate surface area is 162 Å². The molecule has 0 atom stereocenters. The first-order chi connectivity index (χ1) is 11.5. The standard InChI is InChI=1S/C17H11Cl2IN2O2/c1-24-15-5-2-9(6-13(15)19)7-14-17(23)22-16(21-14)11-8-10(20)3-4-12(11)18/h2-8H,1H3,(H,21,22,23). The Balaban J connectivity index is 1.97. The first-order valence-electron chi connectivity index (χ1n) is 6.88. The maximum Gasteiger partial charge on any atom is 0.275 e. The summed E-state index contributed by atoms with van der Waals surface area (Å²) in [7, 11) is 1.55. The topological polar surface area (TPSA) is 50.7 Å². The van der Waals surface area contributed by atoms with Crippen molar-refractivity contribution in [2.75, 3.05) is 7.11 Å². The second kappa shape index (κ2) is 7.13. The maximum atomic E-state index is 12.2. The quantitative estimate of drug-likeness (QED) is 0.527. The fraction of sp³-hybridized carbons (Fsp3) is 0.0588. The molecule has 0 radical (unpaired) electrons. The molecule has 7 heteroatoms. The molecule has 24 heavy (non-hydrogen) atoms. The number of aliphatic imine (C=N–C) groups is 1. The van der Waals surface area contributed by atoms with E-state index in [1.165, 1.54) is 0 Å². The third-order valence-corrected chi connectivity index (χ3v) is 4.66.